The highest BCUT2D eigenvalue weighted by atomic mass is 15.3. The molecule has 0 heterocycles. The van der Waals surface area contributed by atoms with Gasteiger partial charge in [-0.3, -0.25) is 9.80 Å². The minimum absolute atomic E-state index is 1.05. The van der Waals surface area contributed by atoms with Crippen molar-refractivity contribution >= 4 is 0 Å². The normalized spacial score (nSPS) is 11.5. The maximum absolute atomic E-state index is 3.32. The molecular weight excluding hydrogens is 136 g/mol. The van der Waals surface area contributed by atoms with E-state index in [-0.39, 0.29) is 0 Å². The van der Waals surface area contributed by atoms with E-state index in [2.05, 4.69) is 44.2 Å². The standard InChI is InChI=1S/C9H20N2/c1-5-10(6-2)9-11(7-3)8-4/h5-8H2,1-4H3. The molecule has 0 unspecified atom stereocenters. The van der Waals surface area contributed by atoms with Crippen molar-refractivity contribution in [2.24, 2.45) is 0 Å². The zero-order valence-corrected chi connectivity index (χ0v) is 8.22. The minimum Gasteiger partial charge on any atom is -0.280 e. The summed E-state index contributed by atoms with van der Waals surface area (Å²) in [4.78, 5) is 4.38. The smallest absolute Gasteiger partial charge is 0.146 e. The predicted molar refractivity (Wildman–Crippen MR) is 49.1 cm³/mol. The molecule has 2 radical (unpaired) electrons. The van der Waals surface area contributed by atoms with E-state index in [4.69, 9.17) is 0 Å². The summed E-state index contributed by atoms with van der Waals surface area (Å²) >= 11 is 0. The van der Waals surface area contributed by atoms with Crippen molar-refractivity contribution in [1.29, 1.82) is 0 Å². The van der Waals surface area contributed by atoms with Crippen molar-refractivity contribution in [2.45, 2.75) is 27.7 Å². The Bertz CT molecular complexity index is 65.6. The molecule has 0 amide bonds. The van der Waals surface area contributed by atoms with E-state index in [1.54, 1.807) is 0 Å². The van der Waals surface area contributed by atoms with Crippen LogP contribution in [0.5, 0.6) is 0 Å². The zero-order chi connectivity index (χ0) is 8.69. The molecule has 66 valence electrons. The first-order valence-corrected chi connectivity index (χ1v) is 4.54. The topological polar surface area (TPSA) is 6.48 Å². The third kappa shape index (κ3) is 4.38. The van der Waals surface area contributed by atoms with Crippen LogP contribution in [0.15, 0.2) is 0 Å². The molecule has 0 N–H and O–H groups in total. The van der Waals surface area contributed by atoms with E-state index in [0.717, 1.165) is 26.2 Å². The van der Waals surface area contributed by atoms with Crippen molar-refractivity contribution in [3.05, 3.63) is 6.67 Å². The van der Waals surface area contributed by atoms with Crippen LogP contribution < -0.4 is 0 Å². The van der Waals surface area contributed by atoms with E-state index >= 15 is 0 Å². The lowest BCUT2D eigenvalue weighted by Crippen LogP contribution is -2.32. The van der Waals surface area contributed by atoms with Gasteiger partial charge in [0.25, 0.3) is 0 Å². The van der Waals surface area contributed by atoms with Gasteiger partial charge in [0.1, 0.15) is 6.67 Å². The highest BCUT2D eigenvalue weighted by molar-refractivity contribution is 4.66. The molecule has 0 saturated carbocycles. The fourth-order valence-electron chi connectivity index (χ4n) is 0.930. The Labute approximate surface area is 71.2 Å². The molecule has 0 atom stereocenters. The SMILES string of the molecule is CCN([C]N(CC)CC)CC. The minimum atomic E-state index is 1.05. The number of rotatable bonds is 6. The summed E-state index contributed by atoms with van der Waals surface area (Å²) in [5.74, 6) is 0. The van der Waals surface area contributed by atoms with E-state index in [9.17, 15) is 0 Å². The van der Waals surface area contributed by atoms with Crippen molar-refractivity contribution in [3.63, 3.8) is 0 Å². The van der Waals surface area contributed by atoms with Crippen LogP contribution in [0.3, 0.4) is 0 Å². The largest absolute Gasteiger partial charge is 0.280 e. The summed E-state index contributed by atoms with van der Waals surface area (Å²) in [7, 11) is 0. The molecule has 0 bridgehead atoms. The first-order chi connectivity index (χ1) is 5.28. The van der Waals surface area contributed by atoms with Gasteiger partial charge in [-0.2, -0.15) is 0 Å². The highest BCUT2D eigenvalue weighted by Gasteiger charge is 2.05. The van der Waals surface area contributed by atoms with Crippen molar-refractivity contribution in [2.75, 3.05) is 26.2 Å². The summed E-state index contributed by atoms with van der Waals surface area (Å²) in [6, 6.07) is 0. The molecule has 11 heavy (non-hydrogen) atoms. The second kappa shape index (κ2) is 6.62. The van der Waals surface area contributed by atoms with Crippen molar-refractivity contribution in [3.8, 4) is 0 Å². The van der Waals surface area contributed by atoms with Crippen LogP contribution >= 0.6 is 0 Å². The van der Waals surface area contributed by atoms with Crippen LogP contribution in [0, 0.1) is 6.67 Å². The van der Waals surface area contributed by atoms with E-state index in [1.807, 2.05) is 0 Å². The number of hydrogen-bond acceptors (Lipinski definition) is 2. The quantitative estimate of drug-likeness (QED) is 0.540. The molecule has 0 aliphatic heterocycles. The van der Waals surface area contributed by atoms with Crippen LogP contribution in [-0.4, -0.2) is 36.0 Å². The van der Waals surface area contributed by atoms with E-state index in [0.29, 0.717) is 0 Å². The van der Waals surface area contributed by atoms with Crippen LogP contribution in [0.4, 0.5) is 0 Å². The van der Waals surface area contributed by atoms with Gasteiger partial charge in [-0.1, -0.05) is 27.7 Å². The fourth-order valence-corrected chi connectivity index (χ4v) is 0.930. The molecule has 0 aromatic rings. The lowest BCUT2D eigenvalue weighted by molar-refractivity contribution is 0.223. The Morgan fingerprint density at radius 3 is 1.18 bits per heavy atom. The summed E-state index contributed by atoms with van der Waals surface area (Å²) in [5, 5.41) is 0. The zero-order valence-electron chi connectivity index (χ0n) is 8.22. The third-order valence-corrected chi connectivity index (χ3v) is 1.81. The molecule has 0 aromatic carbocycles. The molecule has 0 fully saturated rings. The van der Waals surface area contributed by atoms with Crippen LogP contribution in [0.25, 0.3) is 0 Å². The Hall–Kier alpha value is -0.0800. The molecule has 0 aliphatic carbocycles. The van der Waals surface area contributed by atoms with Gasteiger partial charge in [0.05, 0.1) is 0 Å². The molecule has 2 heteroatoms. The molecule has 0 aromatic heterocycles. The van der Waals surface area contributed by atoms with Crippen LogP contribution in [-0.2, 0) is 0 Å². The van der Waals surface area contributed by atoms with Crippen molar-refractivity contribution in [1.82, 2.24) is 9.80 Å². The van der Waals surface area contributed by atoms with Gasteiger partial charge in [-0.25, -0.2) is 0 Å². The third-order valence-electron chi connectivity index (χ3n) is 1.81. The van der Waals surface area contributed by atoms with Crippen LogP contribution in [0.1, 0.15) is 27.7 Å². The first kappa shape index (κ1) is 10.9. The molecule has 0 rings (SSSR count). The molecular formula is C9H20N2. The maximum Gasteiger partial charge on any atom is 0.146 e. The predicted octanol–water partition coefficient (Wildman–Crippen LogP) is 1.67. The average molecular weight is 156 g/mol. The van der Waals surface area contributed by atoms with Gasteiger partial charge >= 0.3 is 0 Å². The van der Waals surface area contributed by atoms with E-state index < -0.39 is 0 Å². The summed E-state index contributed by atoms with van der Waals surface area (Å²) in [5.41, 5.74) is 0. The lowest BCUT2D eigenvalue weighted by Gasteiger charge is -2.24. The fraction of sp³-hybridized carbons (Fsp3) is 0.889. The Morgan fingerprint density at radius 1 is 0.727 bits per heavy atom. The van der Waals surface area contributed by atoms with Gasteiger partial charge < -0.3 is 0 Å². The Morgan fingerprint density at radius 2 is 1.00 bits per heavy atom. The summed E-state index contributed by atoms with van der Waals surface area (Å²) in [6.07, 6.45) is 0. The monoisotopic (exact) mass is 156 g/mol. The second-order valence-electron chi connectivity index (χ2n) is 2.44. The maximum atomic E-state index is 3.32. The molecule has 0 saturated heterocycles. The number of nitrogens with zero attached hydrogens (tertiary/aromatic N) is 2. The lowest BCUT2D eigenvalue weighted by atomic mass is 10.5. The summed E-state index contributed by atoms with van der Waals surface area (Å²) < 4.78 is 0. The molecule has 0 spiro atoms. The van der Waals surface area contributed by atoms with E-state index in [1.165, 1.54) is 0 Å². The highest BCUT2D eigenvalue weighted by Crippen LogP contribution is 1.98. The van der Waals surface area contributed by atoms with Crippen LogP contribution in [0.2, 0.25) is 0 Å². The molecule has 2 nitrogen and oxygen atoms in total. The summed E-state index contributed by atoms with van der Waals surface area (Å²) in [6.45, 7) is 16.1. The molecule has 0 aliphatic rings. The Kier molecular flexibility index (Phi) is 6.57. The Balaban J connectivity index is 3.58. The average Bonchev–Trinajstić information content (AvgIpc) is 2.07. The van der Waals surface area contributed by atoms with Gasteiger partial charge in [-0.05, 0) is 26.2 Å². The van der Waals surface area contributed by atoms with Crippen molar-refractivity contribution < 1.29 is 0 Å². The van der Waals surface area contributed by atoms with Gasteiger partial charge in [0.15, 0.2) is 0 Å². The van der Waals surface area contributed by atoms with Gasteiger partial charge in [0, 0.05) is 0 Å². The van der Waals surface area contributed by atoms with Gasteiger partial charge in [-0.15, -0.1) is 0 Å². The second-order valence-corrected chi connectivity index (χ2v) is 2.44. The number of hydrogen-bond donors (Lipinski definition) is 0. The first-order valence-electron chi connectivity index (χ1n) is 4.54. The van der Waals surface area contributed by atoms with Gasteiger partial charge in [0.2, 0.25) is 0 Å².